The van der Waals surface area contributed by atoms with E-state index >= 15 is 0 Å². The van der Waals surface area contributed by atoms with Crippen LogP contribution in [0.25, 0.3) is 27.2 Å². The minimum atomic E-state index is -0.164. The van der Waals surface area contributed by atoms with Gasteiger partial charge in [-0.15, -0.1) is 6.58 Å². The van der Waals surface area contributed by atoms with E-state index in [1.54, 1.807) is 0 Å². The number of hydrogen-bond acceptors (Lipinski definition) is 2. The summed E-state index contributed by atoms with van der Waals surface area (Å²) < 4.78 is 2.31. The lowest BCUT2D eigenvalue weighted by molar-refractivity contribution is -0.118. The summed E-state index contributed by atoms with van der Waals surface area (Å²) in [5, 5.41) is 7.46. The van der Waals surface area contributed by atoms with E-state index in [4.69, 9.17) is 0 Å². The van der Waals surface area contributed by atoms with Crippen LogP contribution in [0.1, 0.15) is 49.6 Å². The highest BCUT2D eigenvalue weighted by Crippen LogP contribution is 2.53. The van der Waals surface area contributed by atoms with Crippen molar-refractivity contribution in [1.29, 1.82) is 0 Å². The summed E-state index contributed by atoms with van der Waals surface area (Å²) in [6.07, 6.45) is 3.42. The van der Waals surface area contributed by atoms with Crippen LogP contribution < -0.4 is 5.32 Å². The number of Topliss-reactive ketones (excluding diaryl/α,β-unsaturated/α-hetero) is 1. The maximum Gasteiger partial charge on any atom is 0.162 e. The molecule has 1 aliphatic carbocycles. The molecule has 0 unspecified atom stereocenters. The maximum absolute atomic E-state index is 13.8. The van der Waals surface area contributed by atoms with Gasteiger partial charge in [0.25, 0.3) is 0 Å². The molecule has 4 aromatic rings. The Balaban J connectivity index is 1.68. The SMILES string of the molecule is C=CCn1c(C)c([C@H]2Nc3ccc4ccccc4c3C3=C2C(=O)CC(C)(C)C3)c2ccccc21. The molecule has 3 nitrogen and oxygen atoms in total. The van der Waals surface area contributed by atoms with Crippen LogP contribution in [0.3, 0.4) is 0 Å². The predicted octanol–water partition coefficient (Wildman–Crippen LogP) is 7.60. The second-order valence-electron chi connectivity index (χ2n) is 10.5. The first kappa shape index (κ1) is 21.0. The number of ketones is 1. The molecule has 34 heavy (non-hydrogen) atoms. The van der Waals surface area contributed by atoms with Gasteiger partial charge >= 0.3 is 0 Å². The molecular weight excluding hydrogens is 416 g/mol. The molecule has 0 spiro atoms. The van der Waals surface area contributed by atoms with Gasteiger partial charge in [-0.1, -0.05) is 68.5 Å². The van der Waals surface area contributed by atoms with Gasteiger partial charge in [0.05, 0.1) is 6.04 Å². The first-order chi connectivity index (χ1) is 16.4. The lowest BCUT2D eigenvalue weighted by Crippen LogP contribution is -2.33. The minimum absolute atomic E-state index is 0.0576. The number of para-hydroxylation sites is 1. The quantitative estimate of drug-likeness (QED) is 0.329. The zero-order valence-electron chi connectivity index (χ0n) is 20.1. The van der Waals surface area contributed by atoms with Crippen molar-refractivity contribution < 1.29 is 4.79 Å². The Labute approximate surface area is 200 Å². The average Bonchev–Trinajstić information content (AvgIpc) is 3.09. The van der Waals surface area contributed by atoms with Crippen molar-refractivity contribution in [3.8, 4) is 0 Å². The van der Waals surface area contributed by atoms with Crippen LogP contribution in [-0.2, 0) is 11.3 Å². The fourth-order valence-corrected chi connectivity index (χ4v) is 6.24. The van der Waals surface area contributed by atoms with Gasteiger partial charge in [-0.2, -0.15) is 0 Å². The predicted molar refractivity (Wildman–Crippen MR) is 142 cm³/mol. The first-order valence-electron chi connectivity index (χ1n) is 12.1. The summed E-state index contributed by atoms with van der Waals surface area (Å²) in [5.41, 5.74) is 8.02. The summed E-state index contributed by atoms with van der Waals surface area (Å²) in [6, 6.07) is 21.3. The van der Waals surface area contributed by atoms with Gasteiger partial charge in [0.2, 0.25) is 0 Å². The number of anilines is 1. The van der Waals surface area contributed by atoms with E-state index in [-0.39, 0.29) is 17.2 Å². The van der Waals surface area contributed by atoms with E-state index in [0.29, 0.717) is 6.42 Å². The lowest BCUT2D eigenvalue weighted by atomic mass is 9.67. The molecule has 1 aliphatic heterocycles. The molecule has 0 saturated carbocycles. The van der Waals surface area contributed by atoms with Crippen molar-refractivity contribution >= 4 is 38.7 Å². The number of carbonyl (C=O) groups excluding carboxylic acids is 1. The summed E-state index contributed by atoms with van der Waals surface area (Å²) in [4.78, 5) is 13.8. The normalized spacial score (nSPS) is 19.1. The standard InChI is InChI=1S/C31H30N2O/c1-5-16-33-19(2)27(22-12-8-9-13-25(22)33)30-29-23(17-31(3,4)18-26(29)34)28-21-11-7-6-10-20(21)14-15-24(28)32-30/h5-15,30,32H,1,16-18H2,2-4H3/t30-/m1/s1. The summed E-state index contributed by atoms with van der Waals surface area (Å²) in [6.45, 7) is 11.3. The fraction of sp³-hybridized carbons (Fsp3) is 0.258. The highest BCUT2D eigenvalue weighted by Gasteiger charge is 2.42. The molecule has 0 amide bonds. The highest BCUT2D eigenvalue weighted by atomic mass is 16.1. The van der Waals surface area contributed by atoms with Gasteiger partial charge in [-0.25, -0.2) is 0 Å². The molecule has 0 bridgehead atoms. The Morgan fingerprint density at radius 1 is 1.03 bits per heavy atom. The van der Waals surface area contributed by atoms with E-state index in [0.717, 1.165) is 24.2 Å². The zero-order chi connectivity index (χ0) is 23.6. The van der Waals surface area contributed by atoms with Crippen LogP contribution in [-0.4, -0.2) is 10.4 Å². The number of hydrogen-bond donors (Lipinski definition) is 1. The van der Waals surface area contributed by atoms with Crippen LogP contribution in [0.5, 0.6) is 0 Å². The van der Waals surface area contributed by atoms with Gasteiger partial charge in [0.15, 0.2) is 5.78 Å². The van der Waals surface area contributed by atoms with Gasteiger partial charge in [0, 0.05) is 51.9 Å². The topological polar surface area (TPSA) is 34.0 Å². The Bertz CT molecular complexity index is 1530. The zero-order valence-corrected chi connectivity index (χ0v) is 20.1. The molecular formula is C31H30N2O. The number of aromatic nitrogens is 1. The fourth-order valence-electron chi connectivity index (χ4n) is 6.24. The number of benzene rings is 3. The first-order valence-corrected chi connectivity index (χ1v) is 12.1. The van der Waals surface area contributed by atoms with Crippen molar-refractivity contribution in [2.24, 2.45) is 5.41 Å². The third-order valence-corrected chi connectivity index (χ3v) is 7.62. The average molecular weight is 447 g/mol. The minimum Gasteiger partial charge on any atom is -0.373 e. The van der Waals surface area contributed by atoms with Crippen LogP contribution in [0.15, 0.2) is 78.9 Å². The molecule has 3 heteroatoms. The number of fused-ring (bicyclic) bond motifs is 5. The van der Waals surface area contributed by atoms with Crippen molar-refractivity contribution in [3.05, 3.63) is 95.7 Å². The summed E-state index contributed by atoms with van der Waals surface area (Å²) in [7, 11) is 0. The maximum atomic E-state index is 13.8. The molecule has 3 aromatic carbocycles. The second-order valence-corrected chi connectivity index (χ2v) is 10.5. The monoisotopic (exact) mass is 446 g/mol. The summed E-state index contributed by atoms with van der Waals surface area (Å²) in [5.74, 6) is 0.266. The Morgan fingerprint density at radius 2 is 1.76 bits per heavy atom. The molecule has 2 heterocycles. The van der Waals surface area contributed by atoms with Crippen LogP contribution in [0, 0.1) is 12.3 Å². The molecule has 2 aliphatic rings. The molecule has 6 rings (SSSR count). The van der Waals surface area contributed by atoms with Crippen LogP contribution in [0.4, 0.5) is 5.69 Å². The Hall–Kier alpha value is -3.59. The van der Waals surface area contributed by atoms with Gasteiger partial charge in [-0.05, 0) is 47.2 Å². The van der Waals surface area contributed by atoms with Crippen molar-refractivity contribution in [1.82, 2.24) is 4.57 Å². The van der Waals surface area contributed by atoms with Crippen LogP contribution >= 0.6 is 0 Å². The van der Waals surface area contributed by atoms with Crippen molar-refractivity contribution in [2.45, 2.75) is 46.2 Å². The highest BCUT2D eigenvalue weighted by molar-refractivity contribution is 6.13. The van der Waals surface area contributed by atoms with Crippen molar-refractivity contribution in [3.63, 3.8) is 0 Å². The van der Waals surface area contributed by atoms with E-state index in [2.05, 4.69) is 97.9 Å². The smallest absolute Gasteiger partial charge is 0.162 e. The number of allylic oxidation sites excluding steroid dienone is 2. The third kappa shape index (κ3) is 3.00. The van der Waals surface area contributed by atoms with E-state index in [1.807, 2.05) is 6.08 Å². The number of nitrogens with zero attached hydrogens (tertiary/aromatic N) is 1. The largest absolute Gasteiger partial charge is 0.373 e. The summed E-state index contributed by atoms with van der Waals surface area (Å²) >= 11 is 0. The Morgan fingerprint density at radius 3 is 2.56 bits per heavy atom. The van der Waals surface area contributed by atoms with Gasteiger partial charge in [-0.3, -0.25) is 4.79 Å². The number of nitrogens with one attached hydrogen (secondary N) is 1. The molecule has 0 saturated heterocycles. The molecule has 0 fully saturated rings. The number of carbonyl (C=O) groups is 1. The van der Waals surface area contributed by atoms with Gasteiger partial charge in [0.1, 0.15) is 0 Å². The van der Waals surface area contributed by atoms with E-state index < -0.39 is 0 Å². The second kappa shape index (κ2) is 7.46. The molecule has 0 radical (unpaired) electrons. The molecule has 170 valence electrons. The van der Waals surface area contributed by atoms with Gasteiger partial charge < -0.3 is 9.88 Å². The molecule has 1 N–H and O–H groups in total. The molecule has 1 atom stereocenters. The van der Waals surface area contributed by atoms with E-state index in [9.17, 15) is 4.79 Å². The lowest BCUT2D eigenvalue weighted by Gasteiger charge is -2.40. The third-order valence-electron chi connectivity index (χ3n) is 7.62. The Kier molecular flexibility index (Phi) is 4.60. The molecule has 1 aromatic heterocycles. The number of rotatable bonds is 3. The van der Waals surface area contributed by atoms with E-state index in [1.165, 1.54) is 44.1 Å². The van der Waals surface area contributed by atoms with Crippen LogP contribution in [0.2, 0.25) is 0 Å². The van der Waals surface area contributed by atoms with Crippen molar-refractivity contribution in [2.75, 3.05) is 5.32 Å².